The molecule has 2 N–H and O–H groups in total. The van der Waals surface area contributed by atoms with E-state index in [2.05, 4.69) is 25.8 Å². The Morgan fingerprint density at radius 3 is 2.67 bits per heavy atom. The standard InChI is InChI=1S/C12H19ClN2/c1-4-9(2)8-15(3)12-6-5-10(14)7-11(12)13/h5-7,9H,4,8,14H2,1-3H3. The molecule has 0 saturated heterocycles. The molecule has 0 aliphatic carbocycles. The van der Waals surface area contributed by atoms with Crippen LogP contribution in [0, 0.1) is 5.92 Å². The van der Waals surface area contributed by atoms with Gasteiger partial charge in [-0.1, -0.05) is 31.9 Å². The van der Waals surface area contributed by atoms with Crippen molar-refractivity contribution in [1.82, 2.24) is 0 Å². The molecule has 0 radical (unpaired) electrons. The van der Waals surface area contributed by atoms with Crippen LogP contribution in [0.4, 0.5) is 11.4 Å². The normalized spacial score (nSPS) is 12.5. The first kappa shape index (κ1) is 12.2. The molecule has 0 aliphatic heterocycles. The molecule has 84 valence electrons. The number of hydrogen-bond acceptors (Lipinski definition) is 2. The van der Waals surface area contributed by atoms with Crippen molar-refractivity contribution in [3.05, 3.63) is 23.2 Å². The summed E-state index contributed by atoms with van der Waals surface area (Å²) in [7, 11) is 2.06. The van der Waals surface area contributed by atoms with Gasteiger partial charge in [0, 0.05) is 19.3 Å². The van der Waals surface area contributed by atoms with Crippen molar-refractivity contribution in [2.45, 2.75) is 20.3 Å². The topological polar surface area (TPSA) is 29.3 Å². The minimum atomic E-state index is 0.670. The minimum Gasteiger partial charge on any atom is -0.399 e. The highest BCUT2D eigenvalue weighted by molar-refractivity contribution is 6.33. The largest absolute Gasteiger partial charge is 0.399 e. The Bertz CT molecular complexity index is 325. The van der Waals surface area contributed by atoms with Gasteiger partial charge in [0.1, 0.15) is 0 Å². The first-order valence-electron chi connectivity index (χ1n) is 5.30. The van der Waals surface area contributed by atoms with Crippen LogP contribution in [0.2, 0.25) is 5.02 Å². The molecule has 15 heavy (non-hydrogen) atoms. The number of nitrogen functional groups attached to an aromatic ring is 1. The van der Waals surface area contributed by atoms with Crippen LogP contribution < -0.4 is 10.6 Å². The fourth-order valence-electron chi connectivity index (χ4n) is 1.53. The zero-order valence-corrected chi connectivity index (χ0v) is 10.4. The zero-order valence-electron chi connectivity index (χ0n) is 9.63. The van der Waals surface area contributed by atoms with Crippen molar-refractivity contribution in [2.24, 2.45) is 5.92 Å². The number of halogens is 1. The van der Waals surface area contributed by atoms with E-state index in [1.54, 1.807) is 6.07 Å². The number of benzene rings is 1. The summed E-state index contributed by atoms with van der Waals surface area (Å²) in [6.07, 6.45) is 1.18. The number of nitrogens with zero attached hydrogens (tertiary/aromatic N) is 1. The third-order valence-corrected chi connectivity index (χ3v) is 2.97. The highest BCUT2D eigenvalue weighted by Crippen LogP contribution is 2.27. The molecule has 1 rings (SSSR count). The summed E-state index contributed by atoms with van der Waals surface area (Å²) in [5.74, 6) is 0.670. The Morgan fingerprint density at radius 1 is 1.47 bits per heavy atom. The van der Waals surface area contributed by atoms with Gasteiger partial charge in [0.15, 0.2) is 0 Å². The molecule has 0 heterocycles. The lowest BCUT2D eigenvalue weighted by molar-refractivity contribution is 0.560. The van der Waals surface area contributed by atoms with E-state index < -0.39 is 0 Å². The highest BCUT2D eigenvalue weighted by Gasteiger charge is 2.08. The SMILES string of the molecule is CCC(C)CN(C)c1ccc(N)cc1Cl. The Morgan fingerprint density at radius 2 is 2.13 bits per heavy atom. The summed E-state index contributed by atoms with van der Waals surface area (Å²) >= 11 is 6.13. The summed E-state index contributed by atoms with van der Waals surface area (Å²) in [6, 6.07) is 5.65. The van der Waals surface area contributed by atoms with Crippen LogP contribution in [0.15, 0.2) is 18.2 Å². The maximum Gasteiger partial charge on any atom is 0.0659 e. The maximum atomic E-state index is 6.13. The lowest BCUT2D eigenvalue weighted by Crippen LogP contribution is -2.23. The lowest BCUT2D eigenvalue weighted by atomic mass is 10.1. The molecule has 0 amide bonds. The van der Waals surface area contributed by atoms with E-state index >= 15 is 0 Å². The van der Waals surface area contributed by atoms with E-state index in [0.29, 0.717) is 11.6 Å². The van der Waals surface area contributed by atoms with Gasteiger partial charge in [0.05, 0.1) is 10.7 Å². The third kappa shape index (κ3) is 3.31. The second-order valence-corrected chi connectivity index (χ2v) is 4.51. The summed E-state index contributed by atoms with van der Waals surface area (Å²) < 4.78 is 0. The smallest absolute Gasteiger partial charge is 0.0659 e. The predicted molar refractivity (Wildman–Crippen MR) is 68.6 cm³/mol. The quantitative estimate of drug-likeness (QED) is 0.798. The number of nitrogens with two attached hydrogens (primary N) is 1. The van der Waals surface area contributed by atoms with Gasteiger partial charge in [-0.2, -0.15) is 0 Å². The van der Waals surface area contributed by atoms with Gasteiger partial charge in [-0.15, -0.1) is 0 Å². The molecular formula is C12H19ClN2. The average Bonchev–Trinajstić information content (AvgIpc) is 2.17. The second kappa shape index (κ2) is 5.26. The molecule has 0 bridgehead atoms. The predicted octanol–water partition coefficient (Wildman–Crippen LogP) is 3.40. The van der Waals surface area contributed by atoms with Gasteiger partial charge in [-0.05, 0) is 24.1 Å². The van der Waals surface area contributed by atoms with Crippen molar-refractivity contribution in [3.8, 4) is 0 Å². The first-order chi connectivity index (χ1) is 7.04. The minimum absolute atomic E-state index is 0.670. The number of anilines is 2. The first-order valence-corrected chi connectivity index (χ1v) is 5.68. The van der Waals surface area contributed by atoms with Gasteiger partial charge >= 0.3 is 0 Å². The average molecular weight is 227 g/mol. The molecule has 1 unspecified atom stereocenters. The van der Waals surface area contributed by atoms with Gasteiger partial charge in [0.25, 0.3) is 0 Å². The molecule has 2 nitrogen and oxygen atoms in total. The summed E-state index contributed by atoms with van der Waals surface area (Å²) in [6.45, 7) is 5.45. The van der Waals surface area contributed by atoms with Crippen LogP contribution in [-0.4, -0.2) is 13.6 Å². The summed E-state index contributed by atoms with van der Waals surface area (Å²) in [5, 5.41) is 0.723. The summed E-state index contributed by atoms with van der Waals surface area (Å²) in [4.78, 5) is 2.18. The van der Waals surface area contributed by atoms with Gasteiger partial charge in [0.2, 0.25) is 0 Å². The molecule has 3 heteroatoms. The van der Waals surface area contributed by atoms with E-state index in [9.17, 15) is 0 Å². The van der Waals surface area contributed by atoms with Gasteiger partial charge in [-0.25, -0.2) is 0 Å². The highest BCUT2D eigenvalue weighted by atomic mass is 35.5. The maximum absolute atomic E-state index is 6.13. The fraction of sp³-hybridized carbons (Fsp3) is 0.500. The van der Waals surface area contributed by atoms with Crippen LogP contribution in [0.25, 0.3) is 0 Å². The lowest BCUT2D eigenvalue weighted by Gasteiger charge is -2.23. The molecule has 0 aromatic heterocycles. The van der Waals surface area contributed by atoms with E-state index in [0.717, 1.165) is 17.3 Å². The zero-order chi connectivity index (χ0) is 11.4. The Labute approximate surface area is 97.0 Å². The van der Waals surface area contributed by atoms with Crippen LogP contribution >= 0.6 is 11.6 Å². The monoisotopic (exact) mass is 226 g/mol. The Kier molecular flexibility index (Phi) is 4.28. The summed E-state index contributed by atoms with van der Waals surface area (Å²) in [5.41, 5.74) is 7.41. The third-order valence-electron chi connectivity index (χ3n) is 2.67. The number of hydrogen-bond donors (Lipinski definition) is 1. The van der Waals surface area contributed by atoms with Gasteiger partial charge in [-0.3, -0.25) is 0 Å². The molecule has 0 saturated carbocycles. The Hall–Kier alpha value is -0.890. The van der Waals surface area contributed by atoms with Crippen LogP contribution in [0.3, 0.4) is 0 Å². The fourth-order valence-corrected chi connectivity index (χ4v) is 1.86. The number of rotatable bonds is 4. The molecule has 1 aromatic carbocycles. The molecule has 1 atom stereocenters. The van der Waals surface area contributed by atoms with Crippen LogP contribution in [0.1, 0.15) is 20.3 Å². The van der Waals surface area contributed by atoms with Gasteiger partial charge < -0.3 is 10.6 Å². The van der Waals surface area contributed by atoms with Crippen molar-refractivity contribution >= 4 is 23.0 Å². The second-order valence-electron chi connectivity index (χ2n) is 4.10. The van der Waals surface area contributed by atoms with Crippen molar-refractivity contribution in [1.29, 1.82) is 0 Å². The van der Waals surface area contributed by atoms with Crippen molar-refractivity contribution < 1.29 is 0 Å². The van der Waals surface area contributed by atoms with Crippen LogP contribution in [-0.2, 0) is 0 Å². The van der Waals surface area contributed by atoms with Crippen LogP contribution in [0.5, 0.6) is 0 Å². The Balaban J connectivity index is 2.77. The van der Waals surface area contributed by atoms with E-state index in [-0.39, 0.29) is 0 Å². The molecule has 0 aliphatic rings. The van der Waals surface area contributed by atoms with E-state index in [1.165, 1.54) is 6.42 Å². The molecule has 0 fully saturated rings. The van der Waals surface area contributed by atoms with E-state index in [1.807, 2.05) is 12.1 Å². The van der Waals surface area contributed by atoms with Crippen molar-refractivity contribution in [2.75, 3.05) is 24.2 Å². The molecule has 1 aromatic rings. The van der Waals surface area contributed by atoms with E-state index in [4.69, 9.17) is 17.3 Å². The molecular weight excluding hydrogens is 208 g/mol. The van der Waals surface area contributed by atoms with Crippen molar-refractivity contribution in [3.63, 3.8) is 0 Å². The molecule has 0 spiro atoms.